The van der Waals surface area contributed by atoms with Gasteiger partial charge in [0, 0.05) is 18.1 Å². The highest BCUT2D eigenvalue weighted by atomic mass is 32.2. The Kier molecular flexibility index (Phi) is 3.14. The van der Waals surface area contributed by atoms with Crippen molar-refractivity contribution in [3.8, 4) is 6.07 Å². The zero-order chi connectivity index (χ0) is 13.6. The first-order valence-electron chi connectivity index (χ1n) is 6.31. The van der Waals surface area contributed by atoms with Crippen molar-refractivity contribution in [3.05, 3.63) is 17.0 Å². The van der Waals surface area contributed by atoms with Crippen LogP contribution in [-0.4, -0.2) is 30.8 Å². The lowest BCUT2D eigenvalue weighted by Gasteiger charge is -2.36. The second kappa shape index (κ2) is 4.56. The van der Waals surface area contributed by atoms with Gasteiger partial charge in [-0.1, -0.05) is 0 Å². The van der Waals surface area contributed by atoms with Crippen LogP contribution in [0.2, 0.25) is 0 Å². The van der Waals surface area contributed by atoms with Crippen LogP contribution in [0.4, 0.5) is 0 Å². The van der Waals surface area contributed by atoms with Gasteiger partial charge < -0.3 is 5.73 Å². The lowest BCUT2D eigenvalue weighted by Crippen LogP contribution is -2.49. The summed E-state index contributed by atoms with van der Waals surface area (Å²) in [7, 11) is -3.47. The SMILES string of the molecule is N#Cc1ccc(S(=O)(=O)N2C3CCC2CC(N)C3)s1. The molecule has 2 saturated heterocycles. The van der Waals surface area contributed by atoms with Crippen LogP contribution in [0.1, 0.15) is 30.6 Å². The Morgan fingerprint density at radius 2 is 1.95 bits per heavy atom. The van der Waals surface area contributed by atoms with E-state index in [1.807, 2.05) is 6.07 Å². The van der Waals surface area contributed by atoms with Crippen LogP contribution < -0.4 is 5.73 Å². The van der Waals surface area contributed by atoms with Gasteiger partial charge in [0.15, 0.2) is 0 Å². The molecule has 0 spiro atoms. The van der Waals surface area contributed by atoms with Crippen LogP contribution in [0.25, 0.3) is 0 Å². The van der Waals surface area contributed by atoms with Crippen molar-refractivity contribution in [3.63, 3.8) is 0 Å². The Bertz CT molecular complexity index is 618. The van der Waals surface area contributed by atoms with Crippen molar-refractivity contribution >= 4 is 21.4 Å². The minimum Gasteiger partial charge on any atom is -0.328 e. The molecule has 2 aliphatic rings. The number of nitriles is 1. The summed E-state index contributed by atoms with van der Waals surface area (Å²) in [6, 6.07) is 5.26. The molecule has 3 heterocycles. The van der Waals surface area contributed by atoms with E-state index in [0.29, 0.717) is 4.88 Å². The van der Waals surface area contributed by atoms with Crippen molar-refractivity contribution in [1.29, 1.82) is 5.26 Å². The van der Waals surface area contributed by atoms with E-state index in [-0.39, 0.29) is 22.3 Å². The normalized spacial score (nSPS) is 31.3. The van der Waals surface area contributed by atoms with Crippen molar-refractivity contribution < 1.29 is 8.42 Å². The Hall–Kier alpha value is -0.940. The van der Waals surface area contributed by atoms with Gasteiger partial charge in [-0.25, -0.2) is 8.42 Å². The minimum atomic E-state index is -3.47. The average molecular weight is 297 g/mol. The maximum absolute atomic E-state index is 12.7. The largest absolute Gasteiger partial charge is 0.328 e. The maximum Gasteiger partial charge on any atom is 0.253 e. The predicted molar refractivity (Wildman–Crippen MR) is 72.1 cm³/mol. The number of thiophene rings is 1. The molecule has 1 aromatic heterocycles. The van der Waals surface area contributed by atoms with Gasteiger partial charge in [0.1, 0.15) is 15.2 Å². The second-order valence-electron chi connectivity index (χ2n) is 5.18. The standard InChI is InChI=1S/C12H15N3O2S2/c13-7-11-3-4-12(18-11)19(16,17)15-9-1-2-10(15)6-8(14)5-9/h3-4,8-10H,1-2,5-6,14H2. The molecule has 19 heavy (non-hydrogen) atoms. The van der Waals surface area contributed by atoms with Crippen LogP contribution in [-0.2, 0) is 10.0 Å². The van der Waals surface area contributed by atoms with E-state index in [1.54, 1.807) is 10.4 Å². The Morgan fingerprint density at radius 3 is 2.47 bits per heavy atom. The van der Waals surface area contributed by atoms with Crippen molar-refractivity contribution in [2.75, 3.05) is 0 Å². The highest BCUT2D eigenvalue weighted by Crippen LogP contribution is 2.40. The number of hydrogen-bond donors (Lipinski definition) is 1. The Morgan fingerprint density at radius 1 is 1.32 bits per heavy atom. The molecule has 0 radical (unpaired) electrons. The Labute approximate surface area is 116 Å². The monoisotopic (exact) mass is 297 g/mol. The van der Waals surface area contributed by atoms with E-state index in [1.165, 1.54) is 6.07 Å². The molecule has 0 aromatic carbocycles. The fourth-order valence-electron chi connectivity index (χ4n) is 3.19. The van der Waals surface area contributed by atoms with Crippen molar-refractivity contribution in [2.24, 2.45) is 5.73 Å². The lowest BCUT2D eigenvalue weighted by molar-refractivity contribution is 0.227. The molecule has 3 rings (SSSR count). The van der Waals surface area contributed by atoms with Crippen LogP contribution in [0, 0.1) is 11.3 Å². The van der Waals surface area contributed by atoms with Gasteiger partial charge in [-0.05, 0) is 37.8 Å². The van der Waals surface area contributed by atoms with E-state index >= 15 is 0 Å². The highest BCUT2D eigenvalue weighted by Gasteiger charge is 2.46. The van der Waals surface area contributed by atoms with Crippen molar-refractivity contribution in [2.45, 2.75) is 48.0 Å². The molecule has 2 N–H and O–H groups in total. The van der Waals surface area contributed by atoms with Crippen molar-refractivity contribution in [1.82, 2.24) is 4.31 Å². The third-order valence-electron chi connectivity index (χ3n) is 3.93. The molecule has 2 aliphatic heterocycles. The van der Waals surface area contributed by atoms with Gasteiger partial charge in [0.05, 0.1) is 0 Å². The molecule has 2 atom stereocenters. The van der Waals surface area contributed by atoms with Crippen LogP contribution in [0.15, 0.2) is 16.3 Å². The smallest absolute Gasteiger partial charge is 0.253 e. The number of fused-ring (bicyclic) bond motifs is 2. The first-order chi connectivity index (χ1) is 9.02. The summed E-state index contributed by atoms with van der Waals surface area (Å²) in [6.45, 7) is 0. The molecule has 0 saturated carbocycles. The fourth-order valence-corrected chi connectivity index (χ4v) is 6.29. The molecule has 2 bridgehead atoms. The second-order valence-corrected chi connectivity index (χ2v) is 8.34. The highest BCUT2D eigenvalue weighted by molar-refractivity contribution is 7.91. The first-order valence-corrected chi connectivity index (χ1v) is 8.57. The van der Waals surface area contributed by atoms with E-state index in [2.05, 4.69) is 0 Å². The van der Waals surface area contributed by atoms with Gasteiger partial charge in [-0.15, -0.1) is 11.3 Å². The number of hydrogen-bond acceptors (Lipinski definition) is 5. The molecule has 0 aliphatic carbocycles. The predicted octanol–water partition coefficient (Wildman–Crippen LogP) is 1.26. The molecular formula is C12H15N3O2S2. The summed E-state index contributed by atoms with van der Waals surface area (Å²) in [5.74, 6) is 0. The molecule has 2 unspecified atom stereocenters. The third-order valence-corrected chi connectivity index (χ3v) is 7.39. The van der Waals surface area contributed by atoms with Crippen LogP contribution in [0.3, 0.4) is 0 Å². The summed E-state index contributed by atoms with van der Waals surface area (Å²) >= 11 is 1.04. The third kappa shape index (κ3) is 2.09. The maximum atomic E-state index is 12.7. The summed E-state index contributed by atoms with van der Waals surface area (Å²) in [4.78, 5) is 0.430. The van der Waals surface area contributed by atoms with Gasteiger partial charge in [-0.2, -0.15) is 9.57 Å². The van der Waals surface area contributed by atoms with E-state index in [9.17, 15) is 8.42 Å². The minimum absolute atomic E-state index is 0.0337. The van der Waals surface area contributed by atoms with Gasteiger partial charge in [0.25, 0.3) is 10.0 Å². The molecule has 0 amide bonds. The molecular weight excluding hydrogens is 282 g/mol. The Balaban J connectivity index is 1.95. The number of nitrogens with zero attached hydrogens (tertiary/aromatic N) is 2. The molecule has 1 aromatic rings. The molecule has 5 nitrogen and oxygen atoms in total. The topological polar surface area (TPSA) is 87.2 Å². The molecule has 102 valence electrons. The summed E-state index contributed by atoms with van der Waals surface area (Å²) in [5, 5.41) is 8.81. The van der Waals surface area contributed by atoms with E-state index < -0.39 is 10.0 Å². The summed E-state index contributed by atoms with van der Waals surface area (Å²) < 4.78 is 27.3. The van der Waals surface area contributed by atoms with E-state index in [0.717, 1.165) is 37.0 Å². The summed E-state index contributed by atoms with van der Waals surface area (Å²) in [5.41, 5.74) is 5.96. The number of rotatable bonds is 2. The first kappa shape index (κ1) is 13.1. The van der Waals surface area contributed by atoms with E-state index in [4.69, 9.17) is 11.0 Å². The quantitative estimate of drug-likeness (QED) is 0.890. The number of sulfonamides is 1. The van der Waals surface area contributed by atoms with Crippen LogP contribution in [0.5, 0.6) is 0 Å². The van der Waals surface area contributed by atoms with Gasteiger partial charge in [-0.3, -0.25) is 0 Å². The molecule has 7 heteroatoms. The lowest BCUT2D eigenvalue weighted by atomic mass is 10.0. The zero-order valence-electron chi connectivity index (χ0n) is 10.3. The van der Waals surface area contributed by atoms with Crippen LogP contribution >= 0.6 is 11.3 Å². The van der Waals surface area contributed by atoms with Gasteiger partial charge >= 0.3 is 0 Å². The fraction of sp³-hybridized carbons (Fsp3) is 0.583. The zero-order valence-corrected chi connectivity index (χ0v) is 12.0. The summed E-state index contributed by atoms with van der Waals surface area (Å²) in [6.07, 6.45) is 3.28. The molecule has 2 fully saturated rings. The van der Waals surface area contributed by atoms with Gasteiger partial charge in [0.2, 0.25) is 0 Å². The number of nitrogens with two attached hydrogens (primary N) is 1. The number of piperidine rings is 1. The average Bonchev–Trinajstić information content (AvgIpc) is 2.93.